The Balaban J connectivity index is 1.23. The van der Waals surface area contributed by atoms with Crippen molar-refractivity contribution in [3.8, 4) is 0 Å². The van der Waals surface area contributed by atoms with Crippen LogP contribution < -0.4 is 10.6 Å². The summed E-state index contributed by atoms with van der Waals surface area (Å²) < 4.78 is 0. The van der Waals surface area contributed by atoms with E-state index in [0.717, 1.165) is 55.5 Å². The number of nitrogens with one attached hydrogen (secondary N) is 2. The van der Waals surface area contributed by atoms with Crippen LogP contribution in [0, 0.1) is 23.2 Å². The van der Waals surface area contributed by atoms with E-state index in [-0.39, 0.29) is 17.2 Å². The highest BCUT2D eigenvalue weighted by atomic mass is 16.2. The van der Waals surface area contributed by atoms with Crippen molar-refractivity contribution in [2.75, 3.05) is 5.32 Å². The first-order chi connectivity index (χ1) is 13.0. The van der Waals surface area contributed by atoms with Crippen LogP contribution in [0.3, 0.4) is 0 Å². The van der Waals surface area contributed by atoms with Gasteiger partial charge in [-0.3, -0.25) is 9.59 Å². The third kappa shape index (κ3) is 3.07. The van der Waals surface area contributed by atoms with E-state index in [1.54, 1.807) is 6.92 Å². The van der Waals surface area contributed by atoms with Gasteiger partial charge in [-0.05, 0) is 106 Å². The normalized spacial score (nSPS) is 34.2. The van der Waals surface area contributed by atoms with E-state index < -0.39 is 6.04 Å². The Bertz CT molecular complexity index is 749. The van der Waals surface area contributed by atoms with Gasteiger partial charge in [0, 0.05) is 11.1 Å². The van der Waals surface area contributed by atoms with Crippen LogP contribution in [-0.2, 0) is 22.4 Å². The maximum Gasteiger partial charge on any atom is 0.246 e. The number of fused-ring (bicyclic) bond motifs is 1. The number of carbonyl (C=O) groups excluding carboxylic acids is 2. The minimum Gasteiger partial charge on any atom is -0.344 e. The van der Waals surface area contributed by atoms with Crippen molar-refractivity contribution in [2.24, 2.45) is 23.2 Å². The monoisotopic (exact) mass is 366 g/mol. The number of hydrogen-bond donors (Lipinski definition) is 2. The predicted molar refractivity (Wildman–Crippen MR) is 105 cm³/mol. The van der Waals surface area contributed by atoms with E-state index >= 15 is 0 Å². The van der Waals surface area contributed by atoms with Crippen molar-refractivity contribution in [1.29, 1.82) is 0 Å². The number of benzene rings is 1. The summed E-state index contributed by atoms with van der Waals surface area (Å²) in [4.78, 5) is 25.8. The summed E-state index contributed by atoms with van der Waals surface area (Å²) in [7, 11) is 0. The lowest BCUT2D eigenvalue weighted by Gasteiger charge is -2.55. The predicted octanol–water partition coefficient (Wildman–Crippen LogP) is 3.83. The topological polar surface area (TPSA) is 58.2 Å². The average Bonchev–Trinajstić information content (AvgIpc) is 3.08. The zero-order valence-corrected chi connectivity index (χ0v) is 16.2. The highest BCUT2D eigenvalue weighted by Gasteiger charge is 2.54. The molecule has 2 amide bonds. The summed E-state index contributed by atoms with van der Waals surface area (Å²) >= 11 is 0. The van der Waals surface area contributed by atoms with E-state index in [0.29, 0.717) is 0 Å². The third-order valence-electron chi connectivity index (χ3n) is 7.63. The molecular formula is C23H30N2O2. The van der Waals surface area contributed by atoms with Gasteiger partial charge in [-0.1, -0.05) is 6.07 Å². The number of amides is 2. The fraction of sp³-hybridized carbons (Fsp3) is 0.652. The average molecular weight is 367 g/mol. The van der Waals surface area contributed by atoms with Gasteiger partial charge in [0.1, 0.15) is 6.04 Å². The maximum atomic E-state index is 13.1. The van der Waals surface area contributed by atoms with Gasteiger partial charge in [0.05, 0.1) is 0 Å². The van der Waals surface area contributed by atoms with Crippen molar-refractivity contribution in [1.82, 2.24) is 5.32 Å². The lowest BCUT2D eigenvalue weighted by Crippen LogP contribution is -2.56. The van der Waals surface area contributed by atoms with Crippen molar-refractivity contribution in [3.05, 3.63) is 29.3 Å². The van der Waals surface area contributed by atoms with Crippen LogP contribution in [0.4, 0.5) is 5.69 Å². The highest BCUT2D eigenvalue weighted by molar-refractivity contribution is 5.97. The number of carbonyl (C=O) groups is 2. The molecule has 4 bridgehead atoms. The second-order valence-corrected chi connectivity index (χ2v) is 9.72. The molecule has 4 nitrogen and oxygen atoms in total. The second kappa shape index (κ2) is 6.35. The largest absolute Gasteiger partial charge is 0.344 e. The molecule has 4 fully saturated rings. The number of rotatable bonds is 4. The fourth-order valence-corrected chi connectivity index (χ4v) is 6.70. The molecule has 0 radical (unpaired) electrons. The van der Waals surface area contributed by atoms with Crippen molar-refractivity contribution in [2.45, 2.75) is 70.8 Å². The van der Waals surface area contributed by atoms with E-state index in [2.05, 4.69) is 22.8 Å². The van der Waals surface area contributed by atoms with Gasteiger partial charge in [0.2, 0.25) is 11.8 Å². The van der Waals surface area contributed by atoms with E-state index in [1.165, 1.54) is 36.8 Å². The second-order valence-electron chi connectivity index (χ2n) is 9.72. The minimum absolute atomic E-state index is 0.119. The van der Waals surface area contributed by atoms with Gasteiger partial charge in [-0.2, -0.15) is 0 Å². The molecule has 144 valence electrons. The number of anilines is 1. The molecule has 1 aromatic carbocycles. The van der Waals surface area contributed by atoms with Crippen LogP contribution in [-0.4, -0.2) is 17.9 Å². The summed E-state index contributed by atoms with van der Waals surface area (Å²) in [5, 5.41) is 6.06. The number of hydrogen-bond acceptors (Lipinski definition) is 2. The Hall–Kier alpha value is -1.84. The molecule has 4 saturated carbocycles. The van der Waals surface area contributed by atoms with E-state index in [1.807, 2.05) is 6.07 Å². The lowest BCUT2D eigenvalue weighted by molar-refractivity contribution is -0.147. The van der Waals surface area contributed by atoms with Gasteiger partial charge in [0.25, 0.3) is 0 Å². The summed E-state index contributed by atoms with van der Waals surface area (Å²) in [6, 6.07) is 5.69. The summed E-state index contributed by atoms with van der Waals surface area (Å²) in [6.07, 6.45) is 10.5. The Morgan fingerprint density at radius 1 is 1.00 bits per heavy atom. The smallest absolute Gasteiger partial charge is 0.246 e. The molecule has 0 aromatic heterocycles. The Morgan fingerprint density at radius 3 is 2.30 bits per heavy atom. The van der Waals surface area contributed by atoms with Crippen LogP contribution in [0.5, 0.6) is 0 Å². The molecule has 1 aromatic rings. The molecule has 1 atom stereocenters. The quantitative estimate of drug-likeness (QED) is 0.851. The van der Waals surface area contributed by atoms with Crippen LogP contribution >= 0.6 is 0 Å². The maximum absolute atomic E-state index is 13.1. The first-order valence-electron chi connectivity index (χ1n) is 10.7. The Morgan fingerprint density at radius 2 is 1.63 bits per heavy atom. The zero-order chi connectivity index (χ0) is 18.6. The molecule has 0 aliphatic heterocycles. The molecule has 0 spiro atoms. The molecule has 27 heavy (non-hydrogen) atoms. The summed E-state index contributed by atoms with van der Waals surface area (Å²) in [6.45, 7) is 1.81. The molecule has 5 aliphatic rings. The van der Waals surface area contributed by atoms with E-state index in [4.69, 9.17) is 0 Å². The van der Waals surface area contributed by atoms with Crippen LogP contribution in [0.25, 0.3) is 0 Å². The molecule has 0 saturated heterocycles. The van der Waals surface area contributed by atoms with Crippen LogP contribution in [0.1, 0.15) is 63.0 Å². The molecule has 2 N–H and O–H groups in total. The molecule has 4 heteroatoms. The highest BCUT2D eigenvalue weighted by Crippen LogP contribution is 2.60. The van der Waals surface area contributed by atoms with Gasteiger partial charge in [-0.25, -0.2) is 0 Å². The molecular weight excluding hydrogens is 336 g/mol. The standard InChI is InChI=1S/C23H30N2O2/c1-14(21(26)25-20-6-5-18-3-2-4-19(18)10-20)24-22(27)23-11-15-7-16(12-23)9-17(8-15)13-23/h5-6,10,14-17H,2-4,7-9,11-13H2,1H3,(H,24,27)(H,25,26)/t14-,15?,16?,17?,23?/m0/s1. The zero-order valence-electron chi connectivity index (χ0n) is 16.2. The van der Waals surface area contributed by atoms with Gasteiger partial charge < -0.3 is 10.6 Å². The van der Waals surface area contributed by atoms with Crippen molar-refractivity contribution in [3.63, 3.8) is 0 Å². The molecule has 0 unspecified atom stereocenters. The first kappa shape index (κ1) is 17.3. The van der Waals surface area contributed by atoms with Crippen molar-refractivity contribution < 1.29 is 9.59 Å². The van der Waals surface area contributed by atoms with Gasteiger partial charge in [-0.15, -0.1) is 0 Å². The fourth-order valence-electron chi connectivity index (χ4n) is 6.70. The Labute approximate surface area is 161 Å². The first-order valence-corrected chi connectivity index (χ1v) is 10.7. The number of aryl methyl sites for hydroxylation is 2. The van der Waals surface area contributed by atoms with Gasteiger partial charge in [0.15, 0.2) is 0 Å². The minimum atomic E-state index is -0.501. The lowest BCUT2D eigenvalue weighted by atomic mass is 9.49. The molecule has 0 heterocycles. The SMILES string of the molecule is C[C@H](NC(=O)C12CC3CC(CC(C3)C1)C2)C(=O)Nc1ccc2c(c1)CCC2. The van der Waals surface area contributed by atoms with Crippen LogP contribution in [0.15, 0.2) is 18.2 Å². The summed E-state index contributed by atoms with van der Waals surface area (Å²) in [5.74, 6) is 2.21. The third-order valence-corrected chi connectivity index (χ3v) is 7.63. The van der Waals surface area contributed by atoms with E-state index in [9.17, 15) is 9.59 Å². The van der Waals surface area contributed by atoms with Gasteiger partial charge >= 0.3 is 0 Å². The van der Waals surface area contributed by atoms with Crippen LogP contribution in [0.2, 0.25) is 0 Å². The molecule has 5 aliphatic carbocycles. The molecule has 6 rings (SSSR count). The van der Waals surface area contributed by atoms with Crippen molar-refractivity contribution >= 4 is 17.5 Å². The summed E-state index contributed by atoms with van der Waals surface area (Å²) in [5.41, 5.74) is 3.39. The Kier molecular flexibility index (Phi) is 4.06.